The predicted octanol–water partition coefficient (Wildman–Crippen LogP) is 9.03. The van der Waals surface area contributed by atoms with E-state index in [0.717, 1.165) is 33.4 Å². The van der Waals surface area contributed by atoms with Gasteiger partial charge in [0, 0.05) is 22.3 Å². The SMILES string of the molecule is Cc1c(C(C)(C)C)cc(C(C)(C)C)c2c1-c1c(C)c(C(C)(C)C)cc(C(C)(C)C)c1OP(=O)(O)O2. The van der Waals surface area contributed by atoms with Crippen LogP contribution >= 0.6 is 7.82 Å². The lowest BCUT2D eigenvalue weighted by molar-refractivity contribution is 0.289. The van der Waals surface area contributed by atoms with Crippen molar-refractivity contribution in [3.63, 3.8) is 0 Å². The summed E-state index contributed by atoms with van der Waals surface area (Å²) in [5, 5.41) is 0. The zero-order valence-electron chi connectivity index (χ0n) is 24.3. The molecule has 0 aliphatic carbocycles. The Morgan fingerprint density at radius 3 is 1.06 bits per heavy atom. The Bertz CT molecular complexity index is 1130. The summed E-state index contributed by atoms with van der Waals surface area (Å²) >= 11 is 0. The zero-order chi connectivity index (χ0) is 27.1. The molecule has 0 spiro atoms. The molecule has 0 bridgehead atoms. The van der Waals surface area contributed by atoms with E-state index in [2.05, 4.69) is 109 Å². The molecule has 3 rings (SSSR count). The summed E-state index contributed by atoms with van der Waals surface area (Å²) in [5.41, 5.74) is 7.19. The van der Waals surface area contributed by atoms with Gasteiger partial charge in [-0.3, -0.25) is 4.89 Å². The quantitative estimate of drug-likeness (QED) is 0.367. The van der Waals surface area contributed by atoms with Crippen molar-refractivity contribution in [3.8, 4) is 22.6 Å². The van der Waals surface area contributed by atoms with Gasteiger partial charge in [0.2, 0.25) is 0 Å². The van der Waals surface area contributed by atoms with Gasteiger partial charge in [-0.15, -0.1) is 0 Å². The van der Waals surface area contributed by atoms with E-state index in [0.29, 0.717) is 11.5 Å². The molecule has 194 valence electrons. The lowest BCUT2D eigenvalue weighted by Crippen LogP contribution is -2.21. The molecule has 0 atom stereocenters. The number of phosphoric ester groups is 1. The summed E-state index contributed by atoms with van der Waals surface area (Å²) in [6.45, 7) is 30.1. The summed E-state index contributed by atoms with van der Waals surface area (Å²) in [6.07, 6.45) is 0. The number of hydrogen-bond acceptors (Lipinski definition) is 3. The Kier molecular flexibility index (Phi) is 6.45. The van der Waals surface area contributed by atoms with Crippen LogP contribution in [0.15, 0.2) is 12.1 Å². The van der Waals surface area contributed by atoms with Crippen LogP contribution in [0, 0.1) is 13.8 Å². The Hall–Kier alpha value is -1.77. The third kappa shape index (κ3) is 5.07. The first kappa shape index (κ1) is 27.8. The fourth-order valence-corrected chi connectivity index (χ4v) is 6.11. The first-order valence-corrected chi connectivity index (χ1v) is 14.1. The lowest BCUT2D eigenvalue weighted by Gasteiger charge is -2.33. The molecule has 0 fully saturated rings. The van der Waals surface area contributed by atoms with Crippen LogP contribution in [0.25, 0.3) is 11.1 Å². The molecular weight excluding hydrogens is 455 g/mol. The van der Waals surface area contributed by atoms with Gasteiger partial charge in [-0.2, -0.15) is 0 Å². The molecule has 0 aromatic heterocycles. The second-order valence-corrected chi connectivity index (χ2v) is 15.6. The van der Waals surface area contributed by atoms with Crippen molar-refractivity contribution in [3.05, 3.63) is 45.5 Å². The second kappa shape index (κ2) is 8.12. The van der Waals surface area contributed by atoms with Gasteiger partial charge in [0.15, 0.2) is 0 Å². The number of hydrogen-bond donors (Lipinski definition) is 1. The van der Waals surface area contributed by atoms with E-state index in [1.54, 1.807) is 0 Å². The Morgan fingerprint density at radius 1 is 0.571 bits per heavy atom. The van der Waals surface area contributed by atoms with E-state index >= 15 is 0 Å². The molecule has 2 aromatic rings. The molecular formula is C30H45O4P. The normalized spacial score (nSPS) is 16.1. The molecule has 2 aromatic carbocycles. The molecule has 35 heavy (non-hydrogen) atoms. The van der Waals surface area contributed by atoms with Crippen LogP contribution in [-0.2, 0) is 26.2 Å². The van der Waals surface area contributed by atoms with Crippen LogP contribution in [-0.4, -0.2) is 4.89 Å². The highest BCUT2D eigenvalue weighted by molar-refractivity contribution is 7.48. The molecule has 0 saturated heterocycles. The minimum absolute atomic E-state index is 0.127. The van der Waals surface area contributed by atoms with Crippen molar-refractivity contribution >= 4 is 7.82 Å². The van der Waals surface area contributed by atoms with Crippen LogP contribution in [0.4, 0.5) is 0 Å². The maximum absolute atomic E-state index is 13.4. The first-order chi connectivity index (χ1) is 15.5. The van der Waals surface area contributed by atoms with Gasteiger partial charge in [0.1, 0.15) is 11.5 Å². The minimum Gasteiger partial charge on any atom is -0.394 e. The van der Waals surface area contributed by atoms with Crippen molar-refractivity contribution in [2.75, 3.05) is 0 Å². The highest BCUT2D eigenvalue weighted by Gasteiger charge is 2.42. The number of benzene rings is 2. The number of rotatable bonds is 0. The molecule has 0 unspecified atom stereocenters. The van der Waals surface area contributed by atoms with Gasteiger partial charge in [0.25, 0.3) is 0 Å². The molecule has 1 aliphatic rings. The average molecular weight is 501 g/mol. The van der Waals surface area contributed by atoms with Crippen molar-refractivity contribution in [1.29, 1.82) is 0 Å². The molecule has 5 heteroatoms. The largest absolute Gasteiger partial charge is 0.584 e. The van der Waals surface area contributed by atoms with Gasteiger partial charge in [0.05, 0.1) is 0 Å². The number of fused-ring (bicyclic) bond motifs is 3. The lowest BCUT2D eigenvalue weighted by atomic mass is 9.72. The van der Waals surface area contributed by atoms with Crippen molar-refractivity contribution in [2.24, 2.45) is 0 Å². The van der Waals surface area contributed by atoms with Crippen LogP contribution < -0.4 is 9.05 Å². The van der Waals surface area contributed by atoms with Gasteiger partial charge in [-0.1, -0.05) is 95.2 Å². The van der Waals surface area contributed by atoms with Gasteiger partial charge >= 0.3 is 7.82 Å². The molecule has 4 nitrogen and oxygen atoms in total. The maximum atomic E-state index is 13.4. The Labute approximate surface area is 213 Å². The molecule has 0 amide bonds. The van der Waals surface area contributed by atoms with Crippen LogP contribution in [0.3, 0.4) is 0 Å². The van der Waals surface area contributed by atoms with Crippen molar-refractivity contribution in [2.45, 2.75) is 119 Å². The molecule has 0 saturated carbocycles. The van der Waals surface area contributed by atoms with Gasteiger partial charge in [-0.05, 0) is 57.8 Å². The predicted molar refractivity (Wildman–Crippen MR) is 147 cm³/mol. The van der Waals surface area contributed by atoms with E-state index in [4.69, 9.17) is 9.05 Å². The fraction of sp³-hybridized carbons (Fsp3) is 0.600. The second-order valence-electron chi connectivity index (χ2n) is 14.3. The number of phosphoric acid groups is 1. The van der Waals surface area contributed by atoms with E-state index in [9.17, 15) is 9.46 Å². The minimum atomic E-state index is -4.44. The zero-order valence-corrected chi connectivity index (χ0v) is 25.2. The summed E-state index contributed by atoms with van der Waals surface area (Å²) < 4.78 is 25.4. The Morgan fingerprint density at radius 2 is 0.829 bits per heavy atom. The Balaban J connectivity index is 2.73. The van der Waals surface area contributed by atoms with Crippen LogP contribution in [0.5, 0.6) is 11.5 Å². The van der Waals surface area contributed by atoms with Crippen molar-refractivity contribution in [1.82, 2.24) is 0 Å². The first-order valence-electron chi connectivity index (χ1n) is 12.6. The van der Waals surface area contributed by atoms with E-state index in [1.807, 2.05) is 0 Å². The molecule has 1 aliphatic heterocycles. The van der Waals surface area contributed by atoms with Gasteiger partial charge in [-0.25, -0.2) is 4.57 Å². The molecule has 0 radical (unpaired) electrons. The summed E-state index contributed by atoms with van der Waals surface area (Å²) in [4.78, 5) is 11.0. The van der Waals surface area contributed by atoms with Crippen LogP contribution in [0.1, 0.15) is 116 Å². The third-order valence-electron chi connectivity index (χ3n) is 6.97. The summed E-state index contributed by atoms with van der Waals surface area (Å²) in [6, 6.07) is 4.32. The topological polar surface area (TPSA) is 55.8 Å². The smallest absolute Gasteiger partial charge is 0.394 e. The fourth-order valence-electron chi connectivity index (χ4n) is 5.23. The van der Waals surface area contributed by atoms with E-state index in [-0.39, 0.29) is 21.7 Å². The summed E-state index contributed by atoms with van der Waals surface area (Å²) in [7, 11) is -4.44. The monoisotopic (exact) mass is 500 g/mol. The van der Waals surface area contributed by atoms with Gasteiger partial charge < -0.3 is 9.05 Å². The standard InChI is InChI=1S/C30H45O4P/c1-17-19(27(3,4)5)15-21(29(9,10)11)25-23(17)24-18(2)20(28(6,7)8)16-22(30(12,13)14)26(24)34-35(31,32)33-25/h15-16H,1-14H3,(H,31,32). The van der Waals surface area contributed by atoms with E-state index in [1.165, 1.54) is 11.1 Å². The maximum Gasteiger partial charge on any atom is 0.584 e. The average Bonchev–Trinajstić information content (AvgIpc) is 2.71. The third-order valence-corrected chi connectivity index (χ3v) is 7.80. The molecule has 1 heterocycles. The van der Waals surface area contributed by atoms with E-state index < -0.39 is 7.82 Å². The summed E-state index contributed by atoms with van der Waals surface area (Å²) in [5.74, 6) is 0.920. The highest BCUT2D eigenvalue weighted by Crippen LogP contribution is 2.61. The van der Waals surface area contributed by atoms with Crippen LogP contribution in [0.2, 0.25) is 0 Å². The van der Waals surface area contributed by atoms with Crippen molar-refractivity contribution < 1.29 is 18.5 Å². The molecule has 1 N–H and O–H groups in total. The highest BCUT2D eigenvalue weighted by atomic mass is 31.2.